The fourth-order valence-corrected chi connectivity index (χ4v) is 2.80. The molecule has 0 saturated heterocycles. The van der Waals surface area contributed by atoms with Crippen molar-refractivity contribution >= 4 is 21.7 Å². The SMILES string of the molecule is CCc1nn(C)c(CC(=O)c2ccncc2C)c1Br. The van der Waals surface area contributed by atoms with E-state index in [2.05, 4.69) is 26.0 Å². The number of aromatic nitrogens is 3. The Labute approximate surface area is 121 Å². The number of ketones is 1. The summed E-state index contributed by atoms with van der Waals surface area (Å²) in [4.78, 5) is 16.4. The van der Waals surface area contributed by atoms with Gasteiger partial charge < -0.3 is 0 Å². The molecule has 0 aromatic carbocycles. The number of nitrogens with zero attached hydrogens (tertiary/aromatic N) is 3. The Morgan fingerprint density at radius 2 is 2.21 bits per heavy atom. The molecule has 2 rings (SSSR count). The fourth-order valence-electron chi connectivity index (χ4n) is 2.05. The van der Waals surface area contributed by atoms with Crippen LogP contribution in [-0.2, 0) is 19.9 Å². The van der Waals surface area contributed by atoms with Crippen molar-refractivity contribution in [3.05, 3.63) is 45.4 Å². The molecule has 0 aliphatic carbocycles. The molecular weight excluding hydrogens is 306 g/mol. The first-order valence-corrected chi connectivity index (χ1v) is 6.98. The highest BCUT2D eigenvalue weighted by atomic mass is 79.9. The molecule has 0 N–H and O–H groups in total. The van der Waals surface area contributed by atoms with Gasteiger partial charge in [-0.1, -0.05) is 6.92 Å². The maximum atomic E-state index is 12.3. The Morgan fingerprint density at radius 1 is 1.47 bits per heavy atom. The lowest BCUT2D eigenvalue weighted by atomic mass is 10.0. The van der Waals surface area contributed by atoms with Crippen molar-refractivity contribution in [1.82, 2.24) is 14.8 Å². The Balaban J connectivity index is 2.30. The highest BCUT2D eigenvalue weighted by Gasteiger charge is 2.17. The zero-order chi connectivity index (χ0) is 14.0. The topological polar surface area (TPSA) is 47.8 Å². The van der Waals surface area contributed by atoms with E-state index in [-0.39, 0.29) is 5.78 Å². The summed E-state index contributed by atoms with van der Waals surface area (Å²) in [5.74, 6) is 0.0891. The summed E-state index contributed by atoms with van der Waals surface area (Å²) in [5, 5.41) is 4.40. The number of carbonyl (C=O) groups excluding carboxylic acids is 1. The van der Waals surface area contributed by atoms with Crippen molar-refractivity contribution in [1.29, 1.82) is 0 Å². The number of hydrogen-bond acceptors (Lipinski definition) is 3. The largest absolute Gasteiger partial charge is 0.294 e. The maximum Gasteiger partial charge on any atom is 0.169 e. The van der Waals surface area contributed by atoms with E-state index in [0.717, 1.165) is 33.4 Å². The smallest absolute Gasteiger partial charge is 0.169 e. The van der Waals surface area contributed by atoms with Crippen molar-refractivity contribution < 1.29 is 4.79 Å². The Hall–Kier alpha value is -1.49. The molecule has 0 fully saturated rings. The molecule has 2 heterocycles. The van der Waals surface area contributed by atoms with Crippen LogP contribution in [0, 0.1) is 6.92 Å². The van der Waals surface area contributed by atoms with Crippen LogP contribution in [0.3, 0.4) is 0 Å². The number of pyridine rings is 1. The number of carbonyl (C=O) groups is 1. The summed E-state index contributed by atoms with van der Waals surface area (Å²) in [5.41, 5.74) is 3.53. The lowest BCUT2D eigenvalue weighted by molar-refractivity contribution is 0.0990. The summed E-state index contributed by atoms with van der Waals surface area (Å²) in [6.07, 6.45) is 4.55. The quantitative estimate of drug-likeness (QED) is 0.813. The lowest BCUT2D eigenvalue weighted by Gasteiger charge is -2.05. The van der Waals surface area contributed by atoms with Gasteiger partial charge in [-0.15, -0.1) is 0 Å². The first-order chi connectivity index (χ1) is 9.04. The van der Waals surface area contributed by atoms with Crippen LogP contribution in [0.4, 0.5) is 0 Å². The van der Waals surface area contributed by atoms with Gasteiger partial charge in [-0.3, -0.25) is 14.5 Å². The van der Waals surface area contributed by atoms with Crippen LogP contribution in [0.15, 0.2) is 22.9 Å². The normalized spacial score (nSPS) is 10.7. The van der Waals surface area contributed by atoms with Gasteiger partial charge in [0.05, 0.1) is 22.3 Å². The molecule has 0 amide bonds. The van der Waals surface area contributed by atoms with Gasteiger partial charge in [-0.05, 0) is 40.9 Å². The maximum absolute atomic E-state index is 12.3. The van der Waals surface area contributed by atoms with Crippen LogP contribution in [-0.4, -0.2) is 20.5 Å². The summed E-state index contributed by atoms with van der Waals surface area (Å²) < 4.78 is 2.72. The third-order valence-corrected chi connectivity index (χ3v) is 4.07. The summed E-state index contributed by atoms with van der Waals surface area (Å²) in [6, 6.07) is 1.77. The van der Waals surface area contributed by atoms with Crippen molar-refractivity contribution in [2.45, 2.75) is 26.7 Å². The molecule has 0 aliphatic heterocycles. The molecule has 0 atom stereocenters. The third-order valence-electron chi connectivity index (χ3n) is 3.15. The van der Waals surface area contributed by atoms with E-state index in [1.807, 2.05) is 20.9 Å². The highest BCUT2D eigenvalue weighted by Crippen LogP contribution is 2.23. The van der Waals surface area contributed by atoms with Gasteiger partial charge in [0.1, 0.15) is 0 Å². The zero-order valence-corrected chi connectivity index (χ0v) is 12.9. The summed E-state index contributed by atoms with van der Waals surface area (Å²) in [6.45, 7) is 3.95. The van der Waals surface area contributed by atoms with Crippen molar-refractivity contribution in [2.75, 3.05) is 0 Å². The third kappa shape index (κ3) is 2.76. The number of halogens is 1. The van der Waals surface area contributed by atoms with E-state index in [1.54, 1.807) is 23.1 Å². The molecule has 0 bridgehead atoms. The lowest BCUT2D eigenvalue weighted by Crippen LogP contribution is -2.09. The van der Waals surface area contributed by atoms with Crippen LogP contribution >= 0.6 is 15.9 Å². The van der Waals surface area contributed by atoms with Crippen molar-refractivity contribution in [3.63, 3.8) is 0 Å². The Morgan fingerprint density at radius 3 is 2.79 bits per heavy atom. The first kappa shape index (κ1) is 13.9. The predicted molar refractivity (Wildman–Crippen MR) is 77.3 cm³/mol. The van der Waals surface area contributed by atoms with Crippen LogP contribution in [0.1, 0.15) is 34.2 Å². The second-order valence-electron chi connectivity index (χ2n) is 4.48. The second-order valence-corrected chi connectivity index (χ2v) is 5.27. The van der Waals surface area contributed by atoms with Gasteiger partial charge in [-0.2, -0.15) is 5.10 Å². The van der Waals surface area contributed by atoms with E-state index >= 15 is 0 Å². The molecule has 4 nitrogen and oxygen atoms in total. The van der Waals surface area contributed by atoms with E-state index in [1.165, 1.54) is 0 Å². The van der Waals surface area contributed by atoms with Gasteiger partial charge >= 0.3 is 0 Å². The molecular formula is C14H16BrN3O. The van der Waals surface area contributed by atoms with Gasteiger partial charge in [0, 0.05) is 25.0 Å². The van der Waals surface area contributed by atoms with Crippen LogP contribution in [0.2, 0.25) is 0 Å². The van der Waals surface area contributed by atoms with Crippen LogP contribution in [0.25, 0.3) is 0 Å². The molecule has 2 aromatic heterocycles. The minimum Gasteiger partial charge on any atom is -0.294 e. The van der Waals surface area contributed by atoms with Crippen molar-refractivity contribution in [2.24, 2.45) is 7.05 Å². The zero-order valence-electron chi connectivity index (χ0n) is 11.3. The Kier molecular flexibility index (Phi) is 4.14. The molecule has 0 spiro atoms. The molecule has 0 radical (unpaired) electrons. The molecule has 2 aromatic rings. The number of hydrogen-bond donors (Lipinski definition) is 0. The number of rotatable bonds is 4. The molecule has 0 saturated carbocycles. The standard InChI is InChI=1S/C14H16BrN3O/c1-4-11-14(15)12(18(3)17-11)7-13(19)10-5-6-16-8-9(10)2/h5-6,8H,4,7H2,1-3H3. The van der Waals surface area contributed by atoms with Crippen LogP contribution in [0.5, 0.6) is 0 Å². The van der Waals surface area contributed by atoms with Gasteiger partial charge in [0.25, 0.3) is 0 Å². The Bertz CT molecular complexity index is 619. The average Bonchev–Trinajstić information content (AvgIpc) is 2.66. The molecule has 0 aliphatic rings. The van der Waals surface area contributed by atoms with E-state index in [0.29, 0.717) is 6.42 Å². The van der Waals surface area contributed by atoms with Crippen molar-refractivity contribution in [3.8, 4) is 0 Å². The van der Waals surface area contributed by atoms with Gasteiger partial charge in [0.15, 0.2) is 5.78 Å². The fraction of sp³-hybridized carbons (Fsp3) is 0.357. The minimum absolute atomic E-state index is 0.0891. The van der Waals surface area contributed by atoms with E-state index in [9.17, 15) is 4.79 Å². The van der Waals surface area contributed by atoms with E-state index < -0.39 is 0 Å². The molecule has 100 valence electrons. The molecule has 5 heteroatoms. The van der Waals surface area contributed by atoms with Gasteiger partial charge in [0.2, 0.25) is 0 Å². The minimum atomic E-state index is 0.0891. The molecule has 19 heavy (non-hydrogen) atoms. The first-order valence-electron chi connectivity index (χ1n) is 6.18. The monoisotopic (exact) mass is 321 g/mol. The predicted octanol–water partition coefficient (Wildman–Crippen LogP) is 2.87. The number of Topliss-reactive ketones (excluding diaryl/α,β-unsaturated/α-hetero) is 1. The van der Waals surface area contributed by atoms with E-state index in [4.69, 9.17) is 0 Å². The summed E-state index contributed by atoms with van der Waals surface area (Å²) in [7, 11) is 1.87. The van der Waals surface area contributed by atoms with Crippen LogP contribution < -0.4 is 0 Å². The second kappa shape index (κ2) is 5.65. The average molecular weight is 322 g/mol. The molecule has 0 unspecified atom stereocenters. The van der Waals surface area contributed by atoms with Gasteiger partial charge in [-0.25, -0.2) is 0 Å². The summed E-state index contributed by atoms with van der Waals surface area (Å²) >= 11 is 3.53. The highest BCUT2D eigenvalue weighted by molar-refractivity contribution is 9.10. The number of aryl methyl sites for hydroxylation is 3.